The van der Waals surface area contributed by atoms with Gasteiger partial charge in [0.1, 0.15) is 0 Å². The van der Waals surface area contributed by atoms with Gasteiger partial charge in [-0.25, -0.2) is 0 Å². The summed E-state index contributed by atoms with van der Waals surface area (Å²) in [5.41, 5.74) is 1.22. The zero-order valence-electron chi connectivity index (χ0n) is 17.1. The van der Waals surface area contributed by atoms with Crippen molar-refractivity contribution < 1.29 is 28.7 Å². The molecular weight excluding hydrogens is 402 g/mol. The fourth-order valence-electron chi connectivity index (χ4n) is 3.46. The molecule has 0 aliphatic carbocycles. The van der Waals surface area contributed by atoms with Crippen LogP contribution < -0.4 is 20.1 Å². The van der Waals surface area contributed by atoms with Crippen LogP contribution in [-0.4, -0.2) is 54.5 Å². The Bertz CT molecular complexity index is 1090. The first-order chi connectivity index (χ1) is 14.9. The number of nitrogens with zero attached hydrogens (tertiary/aromatic N) is 1. The number of hydrogen-bond acceptors (Lipinski definition) is 6. The van der Waals surface area contributed by atoms with Gasteiger partial charge in [-0.3, -0.25) is 24.1 Å². The summed E-state index contributed by atoms with van der Waals surface area (Å²) in [6.07, 6.45) is 0. The molecule has 0 bridgehead atoms. The SMILES string of the molecule is CC(C)N1C(=O)c2ccc(C(=O)NCCNC(=O)c3ccc4c(c3)OCO4)cc2C1=O. The Balaban J connectivity index is 1.31. The Morgan fingerprint density at radius 3 is 2.13 bits per heavy atom. The second-order valence-corrected chi connectivity index (χ2v) is 7.41. The zero-order chi connectivity index (χ0) is 22.1. The number of carbonyl (C=O) groups excluding carboxylic acids is 4. The van der Waals surface area contributed by atoms with Gasteiger partial charge in [-0.05, 0) is 50.2 Å². The topological polar surface area (TPSA) is 114 Å². The summed E-state index contributed by atoms with van der Waals surface area (Å²) in [6, 6.07) is 9.06. The molecule has 0 saturated heterocycles. The molecule has 0 fully saturated rings. The number of benzene rings is 2. The van der Waals surface area contributed by atoms with Crippen molar-refractivity contribution in [2.45, 2.75) is 19.9 Å². The highest BCUT2D eigenvalue weighted by Crippen LogP contribution is 2.32. The molecule has 160 valence electrons. The third kappa shape index (κ3) is 3.81. The minimum atomic E-state index is -0.402. The smallest absolute Gasteiger partial charge is 0.261 e. The fraction of sp³-hybridized carbons (Fsp3) is 0.273. The lowest BCUT2D eigenvalue weighted by Gasteiger charge is -2.17. The number of carbonyl (C=O) groups is 4. The molecule has 2 aliphatic heterocycles. The van der Waals surface area contributed by atoms with Crippen LogP contribution in [0.25, 0.3) is 0 Å². The Hall–Kier alpha value is -3.88. The van der Waals surface area contributed by atoms with Crippen molar-refractivity contribution in [3.63, 3.8) is 0 Å². The molecule has 2 aromatic rings. The van der Waals surface area contributed by atoms with E-state index in [-0.39, 0.29) is 48.9 Å². The molecule has 4 rings (SSSR count). The van der Waals surface area contributed by atoms with Gasteiger partial charge in [0.2, 0.25) is 6.79 Å². The van der Waals surface area contributed by atoms with Gasteiger partial charge in [-0.15, -0.1) is 0 Å². The van der Waals surface area contributed by atoms with Crippen LogP contribution in [0.1, 0.15) is 55.3 Å². The summed E-state index contributed by atoms with van der Waals surface area (Å²) in [5.74, 6) is -0.350. The lowest BCUT2D eigenvalue weighted by molar-refractivity contribution is 0.0608. The second-order valence-electron chi connectivity index (χ2n) is 7.41. The van der Waals surface area contributed by atoms with Crippen molar-refractivity contribution in [2.24, 2.45) is 0 Å². The Morgan fingerprint density at radius 2 is 1.45 bits per heavy atom. The third-order valence-corrected chi connectivity index (χ3v) is 5.03. The molecule has 9 nitrogen and oxygen atoms in total. The third-order valence-electron chi connectivity index (χ3n) is 5.03. The van der Waals surface area contributed by atoms with Crippen molar-refractivity contribution in [3.05, 3.63) is 58.7 Å². The molecule has 31 heavy (non-hydrogen) atoms. The van der Waals surface area contributed by atoms with E-state index in [9.17, 15) is 19.2 Å². The quantitative estimate of drug-likeness (QED) is 0.539. The summed E-state index contributed by atoms with van der Waals surface area (Å²) in [5, 5.41) is 5.40. The number of nitrogens with one attached hydrogen (secondary N) is 2. The molecule has 0 spiro atoms. The lowest BCUT2D eigenvalue weighted by Crippen LogP contribution is -2.36. The molecule has 0 saturated carbocycles. The molecule has 9 heteroatoms. The van der Waals surface area contributed by atoms with E-state index in [2.05, 4.69) is 10.6 Å². The predicted octanol–water partition coefficient (Wildman–Crippen LogP) is 1.58. The second kappa shape index (κ2) is 8.10. The van der Waals surface area contributed by atoms with E-state index in [4.69, 9.17) is 9.47 Å². The van der Waals surface area contributed by atoms with Crippen LogP contribution >= 0.6 is 0 Å². The van der Waals surface area contributed by atoms with Crippen LogP contribution in [0.5, 0.6) is 11.5 Å². The molecule has 0 unspecified atom stereocenters. The van der Waals surface area contributed by atoms with Crippen LogP contribution in [0.15, 0.2) is 36.4 Å². The molecule has 4 amide bonds. The molecule has 2 N–H and O–H groups in total. The van der Waals surface area contributed by atoms with Crippen molar-refractivity contribution in [2.75, 3.05) is 19.9 Å². The predicted molar refractivity (Wildman–Crippen MR) is 109 cm³/mol. The molecular formula is C22H21N3O6. The minimum absolute atomic E-state index is 0.129. The van der Waals surface area contributed by atoms with Gasteiger partial charge < -0.3 is 20.1 Å². The number of hydrogen-bond donors (Lipinski definition) is 2. The van der Waals surface area contributed by atoms with Crippen LogP contribution in [-0.2, 0) is 0 Å². The van der Waals surface area contributed by atoms with E-state index in [1.165, 1.54) is 23.1 Å². The monoisotopic (exact) mass is 423 g/mol. The summed E-state index contributed by atoms with van der Waals surface area (Å²) >= 11 is 0. The normalized spacial score (nSPS) is 14.1. The molecule has 2 aliphatic rings. The first kappa shape index (κ1) is 20.4. The number of ether oxygens (including phenoxy) is 2. The summed E-state index contributed by atoms with van der Waals surface area (Å²) in [4.78, 5) is 50.7. The van der Waals surface area contributed by atoms with Crippen molar-refractivity contribution >= 4 is 23.6 Å². The summed E-state index contributed by atoms with van der Waals surface area (Å²) in [6.45, 7) is 4.05. The number of fused-ring (bicyclic) bond motifs is 2. The van der Waals surface area contributed by atoms with Crippen LogP contribution in [0.2, 0.25) is 0 Å². The number of imide groups is 1. The standard InChI is InChI=1S/C22H21N3O6/c1-12(2)25-21(28)15-5-3-13(9-16(15)22(25)29)19(26)23-7-8-24-20(27)14-4-6-17-18(10-14)31-11-30-17/h3-6,9-10,12H,7-8,11H2,1-2H3,(H,23,26)(H,24,27). The average molecular weight is 423 g/mol. The highest BCUT2D eigenvalue weighted by atomic mass is 16.7. The van der Waals surface area contributed by atoms with E-state index >= 15 is 0 Å². The first-order valence-electron chi connectivity index (χ1n) is 9.85. The Kier molecular flexibility index (Phi) is 5.33. The van der Waals surface area contributed by atoms with Gasteiger partial charge in [-0.2, -0.15) is 0 Å². The van der Waals surface area contributed by atoms with Gasteiger partial charge in [0, 0.05) is 30.3 Å². The average Bonchev–Trinajstić information content (AvgIpc) is 3.32. The van der Waals surface area contributed by atoms with Crippen molar-refractivity contribution in [3.8, 4) is 11.5 Å². The van der Waals surface area contributed by atoms with Crippen LogP contribution in [0.3, 0.4) is 0 Å². The van der Waals surface area contributed by atoms with E-state index in [1.807, 2.05) is 0 Å². The number of rotatable bonds is 6. The number of amides is 4. The highest BCUT2D eigenvalue weighted by Gasteiger charge is 2.37. The molecule has 0 radical (unpaired) electrons. The van der Waals surface area contributed by atoms with Gasteiger partial charge in [0.25, 0.3) is 23.6 Å². The van der Waals surface area contributed by atoms with E-state index < -0.39 is 11.8 Å². The highest BCUT2D eigenvalue weighted by molar-refractivity contribution is 6.22. The van der Waals surface area contributed by atoms with Gasteiger partial charge in [0.15, 0.2) is 11.5 Å². The maximum absolute atomic E-state index is 12.5. The van der Waals surface area contributed by atoms with Crippen molar-refractivity contribution in [1.82, 2.24) is 15.5 Å². The Morgan fingerprint density at radius 1 is 0.871 bits per heavy atom. The van der Waals surface area contributed by atoms with Gasteiger partial charge in [-0.1, -0.05) is 0 Å². The van der Waals surface area contributed by atoms with E-state index in [0.717, 1.165) is 0 Å². The Labute approximate surface area is 178 Å². The maximum atomic E-state index is 12.5. The first-order valence-corrected chi connectivity index (χ1v) is 9.85. The van der Waals surface area contributed by atoms with Crippen LogP contribution in [0.4, 0.5) is 0 Å². The lowest BCUT2D eigenvalue weighted by atomic mass is 10.1. The van der Waals surface area contributed by atoms with E-state index in [0.29, 0.717) is 22.6 Å². The minimum Gasteiger partial charge on any atom is -0.454 e. The summed E-state index contributed by atoms with van der Waals surface area (Å²) in [7, 11) is 0. The fourth-order valence-corrected chi connectivity index (χ4v) is 3.46. The molecule has 0 atom stereocenters. The van der Waals surface area contributed by atoms with Gasteiger partial charge in [0.05, 0.1) is 11.1 Å². The van der Waals surface area contributed by atoms with Crippen LogP contribution in [0, 0.1) is 0 Å². The summed E-state index contributed by atoms with van der Waals surface area (Å²) < 4.78 is 10.5. The zero-order valence-corrected chi connectivity index (χ0v) is 17.1. The molecule has 2 aromatic carbocycles. The molecule has 0 aromatic heterocycles. The molecule has 2 heterocycles. The largest absolute Gasteiger partial charge is 0.454 e. The van der Waals surface area contributed by atoms with Gasteiger partial charge >= 0.3 is 0 Å². The van der Waals surface area contributed by atoms with Crippen molar-refractivity contribution in [1.29, 1.82) is 0 Å². The maximum Gasteiger partial charge on any atom is 0.261 e. The van der Waals surface area contributed by atoms with E-state index in [1.54, 1.807) is 32.0 Å².